The number of aromatic nitrogens is 1. The van der Waals surface area contributed by atoms with Crippen LogP contribution < -0.4 is 5.32 Å². The van der Waals surface area contributed by atoms with Crippen LogP contribution in [0, 0.1) is 0 Å². The predicted octanol–water partition coefficient (Wildman–Crippen LogP) is 2.44. The van der Waals surface area contributed by atoms with Crippen LogP contribution in [-0.2, 0) is 11.3 Å². The maximum absolute atomic E-state index is 5.46. The van der Waals surface area contributed by atoms with Gasteiger partial charge in [-0.25, -0.2) is 0 Å². The lowest BCUT2D eigenvalue weighted by molar-refractivity contribution is 0.0699. The number of benzene rings is 1. The smallest absolute Gasteiger partial charge is 0.0619 e. The van der Waals surface area contributed by atoms with Crippen molar-refractivity contribution in [3.05, 3.63) is 36.0 Å². The Morgan fingerprint density at radius 3 is 3.24 bits per heavy atom. The van der Waals surface area contributed by atoms with Crippen LogP contribution in [0.5, 0.6) is 0 Å². The molecule has 3 rings (SSSR count). The normalized spacial score (nSPS) is 20.8. The Labute approximate surface area is 101 Å². The Bertz CT molecular complexity index is 486. The molecule has 1 saturated heterocycles. The average molecular weight is 230 g/mol. The summed E-state index contributed by atoms with van der Waals surface area (Å²) in [4.78, 5) is 3.21. The van der Waals surface area contributed by atoms with E-state index in [0.29, 0.717) is 6.04 Å². The highest BCUT2D eigenvalue weighted by molar-refractivity contribution is 5.79. The molecule has 1 aromatic carbocycles. The van der Waals surface area contributed by atoms with Gasteiger partial charge in [0.2, 0.25) is 0 Å². The monoisotopic (exact) mass is 230 g/mol. The zero-order valence-electron chi connectivity index (χ0n) is 9.91. The molecular formula is C14H18N2O. The maximum atomic E-state index is 5.46. The highest BCUT2D eigenvalue weighted by Crippen LogP contribution is 2.14. The van der Waals surface area contributed by atoms with Gasteiger partial charge in [-0.1, -0.05) is 6.07 Å². The van der Waals surface area contributed by atoms with Crippen molar-refractivity contribution in [2.75, 3.05) is 13.2 Å². The summed E-state index contributed by atoms with van der Waals surface area (Å²) in [5.41, 5.74) is 2.54. The third-order valence-corrected chi connectivity index (χ3v) is 3.37. The molecule has 1 fully saturated rings. The van der Waals surface area contributed by atoms with E-state index in [1.165, 1.54) is 29.3 Å². The summed E-state index contributed by atoms with van der Waals surface area (Å²) in [6, 6.07) is 9.19. The fraction of sp³-hybridized carbons (Fsp3) is 0.429. The van der Waals surface area contributed by atoms with Gasteiger partial charge in [0.1, 0.15) is 0 Å². The van der Waals surface area contributed by atoms with E-state index in [2.05, 4.69) is 34.6 Å². The number of rotatable bonds is 3. The number of ether oxygens (including phenoxy) is 1. The van der Waals surface area contributed by atoms with Crippen LogP contribution in [0.1, 0.15) is 18.4 Å². The van der Waals surface area contributed by atoms with Crippen LogP contribution in [0.25, 0.3) is 10.9 Å². The van der Waals surface area contributed by atoms with E-state index in [1.54, 1.807) is 0 Å². The third kappa shape index (κ3) is 2.51. The highest BCUT2D eigenvalue weighted by atomic mass is 16.5. The fourth-order valence-corrected chi connectivity index (χ4v) is 2.38. The minimum absolute atomic E-state index is 0.519. The maximum Gasteiger partial charge on any atom is 0.0619 e. The highest BCUT2D eigenvalue weighted by Gasteiger charge is 2.12. The van der Waals surface area contributed by atoms with Crippen molar-refractivity contribution in [2.45, 2.75) is 25.4 Å². The Morgan fingerprint density at radius 2 is 2.35 bits per heavy atom. The molecule has 1 aliphatic heterocycles. The van der Waals surface area contributed by atoms with Gasteiger partial charge in [-0.15, -0.1) is 0 Å². The molecule has 1 unspecified atom stereocenters. The van der Waals surface area contributed by atoms with Crippen molar-refractivity contribution >= 4 is 10.9 Å². The van der Waals surface area contributed by atoms with Gasteiger partial charge in [0.15, 0.2) is 0 Å². The second-order valence-electron chi connectivity index (χ2n) is 4.69. The standard InChI is InChI=1S/C14H18N2O/c1-2-13(10-17-7-1)16-9-11-3-4-14-12(8-11)5-6-15-14/h3-6,8,13,15-16H,1-2,7,9-10H2. The topological polar surface area (TPSA) is 37.0 Å². The van der Waals surface area contributed by atoms with E-state index < -0.39 is 0 Å². The zero-order valence-corrected chi connectivity index (χ0v) is 9.91. The van der Waals surface area contributed by atoms with Crippen LogP contribution in [0.2, 0.25) is 0 Å². The summed E-state index contributed by atoms with van der Waals surface area (Å²) in [7, 11) is 0. The van der Waals surface area contributed by atoms with Gasteiger partial charge in [0.05, 0.1) is 6.61 Å². The van der Waals surface area contributed by atoms with Crippen molar-refractivity contribution < 1.29 is 4.74 Å². The molecule has 2 aromatic rings. The minimum atomic E-state index is 0.519. The summed E-state index contributed by atoms with van der Waals surface area (Å²) in [6.07, 6.45) is 4.39. The van der Waals surface area contributed by atoms with Crippen molar-refractivity contribution in [3.8, 4) is 0 Å². The van der Waals surface area contributed by atoms with E-state index in [9.17, 15) is 0 Å². The first-order chi connectivity index (χ1) is 8.42. The first-order valence-corrected chi connectivity index (χ1v) is 6.29. The molecule has 2 heterocycles. The fourth-order valence-electron chi connectivity index (χ4n) is 2.38. The number of hydrogen-bond donors (Lipinski definition) is 2. The molecule has 0 bridgehead atoms. The van der Waals surface area contributed by atoms with Gasteiger partial charge in [-0.05, 0) is 42.0 Å². The Balaban J connectivity index is 1.63. The number of fused-ring (bicyclic) bond motifs is 1. The van der Waals surface area contributed by atoms with E-state index in [1.807, 2.05) is 6.20 Å². The van der Waals surface area contributed by atoms with Crippen LogP contribution in [0.3, 0.4) is 0 Å². The van der Waals surface area contributed by atoms with Crippen molar-refractivity contribution in [1.82, 2.24) is 10.3 Å². The molecule has 1 atom stereocenters. The van der Waals surface area contributed by atoms with Crippen LogP contribution in [0.4, 0.5) is 0 Å². The Kier molecular flexibility index (Phi) is 3.12. The van der Waals surface area contributed by atoms with Crippen LogP contribution in [0.15, 0.2) is 30.5 Å². The summed E-state index contributed by atoms with van der Waals surface area (Å²) in [5.74, 6) is 0. The molecule has 0 spiro atoms. The first-order valence-electron chi connectivity index (χ1n) is 6.29. The summed E-state index contributed by atoms with van der Waals surface area (Å²) in [6.45, 7) is 2.70. The number of aromatic amines is 1. The Morgan fingerprint density at radius 1 is 1.35 bits per heavy atom. The van der Waals surface area contributed by atoms with E-state index in [0.717, 1.165) is 19.8 Å². The number of hydrogen-bond acceptors (Lipinski definition) is 2. The molecule has 0 saturated carbocycles. The van der Waals surface area contributed by atoms with Crippen molar-refractivity contribution in [1.29, 1.82) is 0 Å². The van der Waals surface area contributed by atoms with Crippen molar-refractivity contribution in [2.24, 2.45) is 0 Å². The second-order valence-corrected chi connectivity index (χ2v) is 4.69. The molecule has 0 aliphatic carbocycles. The molecule has 2 N–H and O–H groups in total. The summed E-state index contributed by atoms with van der Waals surface area (Å²) in [5, 5.41) is 4.84. The molecule has 3 heteroatoms. The lowest BCUT2D eigenvalue weighted by atomic mass is 10.1. The van der Waals surface area contributed by atoms with Gasteiger partial charge >= 0.3 is 0 Å². The van der Waals surface area contributed by atoms with E-state index >= 15 is 0 Å². The van der Waals surface area contributed by atoms with Gasteiger partial charge in [-0.2, -0.15) is 0 Å². The number of H-pyrrole nitrogens is 1. The minimum Gasteiger partial charge on any atom is -0.380 e. The molecule has 0 amide bonds. The average Bonchev–Trinajstić information content (AvgIpc) is 2.85. The van der Waals surface area contributed by atoms with Gasteiger partial charge in [0.25, 0.3) is 0 Å². The predicted molar refractivity (Wildman–Crippen MR) is 69.0 cm³/mol. The number of nitrogens with one attached hydrogen (secondary N) is 2. The zero-order chi connectivity index (χ0) is 11.5. The quantitative estimate of drug-likeness (QED) is 0.849. The summed E-state index contributed by atoms with van der Waals surface area (Å²) < 4.78 is 5.46. The molecule has 3 nitrogen and oxygen atoms in total. The van der Waals surface area contributed by atoms with E-state index in [-0.39, 0.29) is 0 Å². The van der Waals surface area contributed by atoms with Crippen molar-refractivity contribution in [3.63, 3.8) is 0 Å². The third-order valence-electron chi connectivity index (χ3n) is 3.37. The molecule has 1 aliphatic rings. The van der Waals surface area contributed by atoms with E-state index in [4.69, 9.17) is 4.74 Å². The van der Waals surface area contributed by atoms with Gasteiger partial charge in [0, 0.05) is 30.9 Å². The SMILES string of the molecule is c1cc2cc(CNC3CCCOC3)ccc2[nH]1. The largest absolute Gasteiger partial charge is 0.380 e. The lowest BCUT2D eigenvalue weighted by Crippen LogP contribution is -2.36. The lowest BCUT2D eigenvalue weighted by Gasteiger charge is -2.23. The molecule has 1 aromatic heterocycles. The van der Waals surface area contributed by atoms with Gasteiger partial charge < -0.3 is 15.0 Å². The molecule has 0 radical (unpaired) electrons. The van der Waals surface area contributed by atoms with Gasteiger partial charge in [-0.3, -0.25) is 0 Å². The Hall–Kier alpha value is -1.32. The summed E-state index contributed by atoms with van der Waals surface area (Å²) >= 11 is 0. The molecule has 90 valence electrons. The second kappa shape index (κ2) is 4.90. The van der Waals surface area contributed by atoms with Crippen LogP contribution in [-0.4, -0.2) is 24.2 Å². The first kappa shape index (κ1) is 10.8. The van der Waals surface area contributed by atoms with Crippen LogP contribution >= 0.6 is 0 Å². The molecule has 17 heavy (non-hydrogen) atoms. The molecular weight excluding hydrogens is 212 g/mol.